The highest BCUT2D eigenvalue weighted by atomic mass is 79.9. The molecule has 3 heteroatoms. The zero-order chi connectivity index (χ0) is 13.1. The zero-order valence-corrected chi connectivity index (χ0v) is 13.0. The highest BCUT2D eigenvalue weighted by Gasteiger charge is 2.30. The molecule has 0 saturated heterocycles. The van der Waals surface area contributed by atoms with Gasteiger partial charge in [0.1, 0.15) is 11.9 Å². The summed E-state index contributed by atoms with van der Waals surface area (Å²) in [5, 5.41) is 3.58. The molecule has 0 bridgehead atoms. The van der Waals surface area contributed by atoms with E-state index in [9.17, 15) is 0 Å². The Morgan fingerprint density at radius 3 is 2.89 bits per heavy atom. The number of rotatable bonds is 4. The minimum Gasteiger partial charge on any atom is -0.490 e. The van der Waals surface area contributed by atoms with Gasteiger partial charge in [0.2, 0.25) is 0 Å². The van der Waals surface area contributed by atoms with E-state index in [2.05, 4.69) is 60.2 Å². The first-order chi connectivity index (χ1) is 8.65. The monoisotopic (exact) mass is 311 g/mol. The Balaban J connectivity index is 2.28. The van der Waals surface area contributed by atoms with Gasteiger partial charge in [-0.3, -0.25) is 0 Å². The summed E-state index contributed by atoms with van der Waals surface area (Å²) < 4.78 is 7.28. The van der Waals surface area contributed by atoms with Crippen molar-refractivity contribution < 1.29 is 4.74 Å². The Hall–Kier alpha value is -0.540. The molecule has 1 heterocycles. The van der Waals surface area contributed by atoms with Gasteiger partial charge in [-0.2, -0.15) is 0 Å². The molecular weight excluding hydrogens is 290 g/mol. The lowest BCUT2D eigenvalue weighted by atomic mass is 9.89. The first kappa shape index (κ1) is 13.9. The lowest BCUT2D eigenvalue weighted by Gasteiger charge is -2.35. The van der Waals surface area contributed by atoms with Gasteiger partial charge in [0.25, 0.3) is 0 Å². The van der Waals surface area contributed by atoms with Crippen LogP contribution in [0.5, 0.6) is 5.75 Å². The molecule has 0 fully saturated rings. The van der Waals surface area contributed by atoms with Gasteiger partial charge in [-0.1, -0.05) is 43.1 Å². The zero-order valence-electron chi connectivity index (χ0n) is 11.4. The van der Waals surface area contributed by atoms with E-state index < -0.39 is 0 Å². The molecule has 1 N–H and O–H groups in total. The van der Waals surface area contributed by atoms with Gasteiger partial charge in [-0.25, -0.2) is 0 Å². The molecule has 2 rings (SSSR count). The Bertz CT molecular complexity index is 407. The van der Waals surface area contributed by atoms with Gasteiger partial charge >= 0.3 is 0 Å². The number of ether oxygens (including phenoxy) is 1. The van der Waals surface area contributed by atoms with Crippen molar-refractivity contribution in [3.63, 3.8) is 0 Å². The molecule has 1 aromatic carbocycles. The third-order valence-electron chi connectivity index (χ3n) is 3.82. The van der Waals surface area contributed by atoms with E-state index in [1.807, 2.05) is 0 Å². The normalized spacial score (nSPS) is 24.2. The molecule has 3 atom stereocenters. The maximum Gasteiger partial charge on any atom is 0.124 e. The summed E-state index contributed by atoms with van der Waals surface area (Å²) >= 11 is 3.54. The predicted octanol–water partition coefficient (Wildman–Crippen LogP) is 4.30. The maximum atomic E-state index is 6.16. The summed E-state index contributed by atoms with van der Waals surface area (Å²) in [4.78, 5) is 0. The van der Waals surface area contributed by atoms with Gasteiger partial charge in [0.05, 0.1) is 0 Å². The molecule has 100 valence electrons. The molecule has 1 aromatic rings. The van der Waals surface area contributed by atoms with Crippen LogP contribution in [-0.2, 0) is 0 Å². The summed E-state index contributed by atoms with van der Waals surface area (Å²) in [6.45, 7) is 7.65. The third-order valence-corrected chi connectivity index (χ3v) is 4.32. The minimum atomic E-state index is 0.327. The Kier molecular flexibility index (Phi) is 4.68. The quantitative estimate of drug-likeness (QED) is 0.895. The first-order valence-electron chi connectivity index (χ1n) is 6.85. The minimum absolute atomic E-state index is 0.327. The van der Waals surface area contributed by atoms with Crippen molar-refractivity contribution >= 4 is 15.9 Å². The van der Waals surface area contributed by atoms with E-state index in [4.69, 9.17) is 4.74 Å². The van der Waals surface area contributed by atoms with Crippen molar-refractivity contribution in [2.24, 2.45) is 5.92 Å². The van der Waals surface area contributed by atoms with Crippen LogP contribution in [-0.4, -0.2) is 12.6 Å². The van der Waals surface area contributed by atoms with Gasteiger partial charge in [0.15, 0.2) is 0 Å². The Morgan fingerprint density at radius 1 is 1.44 bits per heavy atom. The molecule has 3 unspecified atom stereocenters. The van der Waals surface area contributed by atoms with Crippen LogP contribution in [0.15, 0.2) is 22.7 Å². The van der Waals surface area contributed by atoms with Crippen LogP contribution in [0.2, 0.25) is 0 Å². The summed E-state index contributed by atoms with van der Waals surface area (Å²) in [5.74, 6) is 1.64. The molecule has 1 aliphatic heterocycles. The van der Waals surface area contributed by atoms with E-state index in [0.29, 0.717) is 18.1 Å². The highest BCUT2D eigenvalue weighted by molar-refractivity contribution is 9.10. The van der Waals surface area contributed by atoms with Crippen molar-refractivity contribution in [2.45, 2.75) is 45.8 Å². The van der Waals surface area contributed by atoms with E-state index in [-0.39, 0.29) is 0 Å². The SMILES string of the molecule is CCNC1CC(C(C)CC)Oc2ccc(Br)cc21. The van der Waals surface area contributed by atoms with Crippen molar-refractivity contribution in [3.8, 4) is 5.75 Å². The molecule has 18 heavy (non-hydrogen) atoms. The average Bonchev–Trinajstić information content (AvgIpc) is 2.38. The molecule has 0 aromatic heterocycles. The molecule has 0 aliphatic carbocycles. The second-order valence-electron chi connectivity index (χ2n) is 5.07. The fourth-order valence-corrected chi connectivity index (χ4v) is 2.90. The highest BCUT2D eigenvalue weighted by Crippen LogP contribution is 2.38. The number of nitrogens with one attached hydrogen (secondary N) is 1. The van der Waals surface area contributed by atoms with Crippen LogP contribution < -0.4 is 10.1 Å². The second-order valence-corrected chi connectivity index (χ2v) is 5.99. The molecule has 0 radical (unpaired) electrons. The smallest absolute Gasteiger partial charge is 0.124 e. The predicted molar refractivity (Wildman–Crippen MR) is 79.0 cm³/mol. The van der Waals surface area contributed by atoms with Gasteiger partial charge in [-0.05, 0) is 30.7 Å². The van der Waals surface area contributed by atoms with Crippen LogP contribution in [0, 0.1) is 5.92 Å². The largest absolute Gasteiger partial charge is 0.490 e. The fraction of sp³-hybridized carbons (Fsp3) is 0.600. The lowest BCUT2D eigenvalue weighted by molar-refractivity contribution is 0.0983. The Morgan fingerprint density at radius 2 is 2.22 bits per heavy atom. The number of hydrogen-bond donors (Lipinski definition) is 1. The summed E-state index contributed by atoms with van der Waals surface area (Å²) in [5.41, 5.74) is 1.28. The topological polar surface area (TPSA) is 21.3 Å². The fourth-order valence-electron chi connectivity index (χ4n) is 2.52. The van der Waals surface area contributed by atoms with Crippen molar-refractivity contribution in [1.29, 1.82) is 0 Å². The van der Waals surface area contributed by atoms with Crippen LogP contribution in [0.1, 0.15) is 45.2 Å². The molecule has 0 saturated carbocycles. The van der Waals surface area contributed by atoms with Gasteiger partial charge in [0, 0.05) is 22.5 Å². The van der Waals surface area contributed by atoms with E-state index >= 15 is 0 Å². The van der Waals surface area contributed by atoms with Gasteiger partial charge < -0.3 is 10.1 Å². The van der Waals surface area contributed by atoms with Crippen molar-refractivity contribution in [3.05, 3.63) is 28.2 Å². The Labute approximate surface area is 118 Å². The van der Waals surface area contributed by atoms with E-state index in [1.54, 1.807) is 0 Å². The molecule has 0 amide bonds. The van der Waals surface area contributed by atoms with Crippen molar-refractivity contribution in [2.75, 3.05) is 6.54 Å². The molecule has 0 spiro atoms. The number of benzene rings is 1. The number of halogens is 1. The number of hydrogen-bond acceptors (Lipinski definition) is 2. The van der Waals surface area contributed by atoms with E-state index in [0.717, 1.165) is 29.6 Å². The molecule has 1 aliphatic rings. The van der Waals surface area contributed by atoms with Crippen LogP contribution in [0.4, 0.5) is 0 Å². The van der Waals surface area contributed by atoms with Crippen LogP contribution in [0.3, 0.4) is 0 Å². The van der Waals surface area contributed by atoms with E-state index in [1.165, 1.54) is 5.56 Å². The van der Waals surface area contributed by atoms with Crippen LogP contribution >= 0.6 is 15.9 Å². The number of fused-ring (bicyclic) bond motifs is 1. The lowest BCUT2D eigenvalue weighted by Crippen LogP contribution is -2.36. The van der Waals surface area contributed by atoms with Gasteiger partial charge in [-0.15, -0.1) is 0 Å². The average molecular weight is 312 g/mol. The first-order valence-corrected chi connectivity index (χ1v) is 7.64. The standard InChI is InChI=1S/C15H22BrNO/c1-4-10(3)15-9-13(17-5-2)12-8-11(16)6-7-14(12)18-15/h6-8,10,13,15,17H,4-5,9H2,1-3H3. The maximum absolute atomic E-state index is 6.16. The summed E-state index contributed by atoms with van der Waals surface area (Å²) in [6.07, 6.45) is 2.55. The third kappa shape index (κ3) is 2.89. The summed E-state index contributed by atoms with van der Waals surface area (Å²) in [6, 6.07) is 6.73. The van der Waals surface area contributed by atoms with Crippen molar-refractivity contribution in [1.82, 2.24) is 5.32 Å². The van der Waals surface area contributed by atoms with Crippen LogP contribution in [0.25, 0.3) is 0 Å². The summed E-state index contributed by atoms with van der Waals surface area (Å²) in [7, 11) is 0. The molecule has 2 nitrogen and oxygen atoms in total. The second kappa shape index (κ2) is 6.07. The molecular formula is C15H22BrNO.